The first-order valence-electron chi connectivity index (χ1n) is 8.04. The Morgan fingerprint density at radius 1 is 1.25 bits per heavy atom. The second kappa shape index (κ2) is 6.35. The number of carboxylic acid groups (broad SMARTS) is 1. The lowest BCUT2D eigenvalue weighted by atomic mass is 10.1. The lowest BCUT2D eigenvalue weighted by Crippen LogP contribution is -2.07. The Morgan fingerprint density at radius 3 is 2.62 bits per heavy atom. The van der Waals surface area contributed by atoms with Crippen LogP contribution in [0, 0.1) is 13.8 Å². The Kier molecular flexibility index (Phi) is 4.25. The van der Waals surface area contributed by atoms with Gasteiger partial charge in [-0.3, -0.25) is 0 Å². The van der Waals surface area contributed by atoms with Crippen LogP contribution in [-0.2, 0) is 13.0 Å². The number of nitrogens with zero attached hydrogens (tertiary/aromatic N) is 2. The third kappa shape index (κ3) is 2.85. The van der Waals surface area contributed by atoms with Crippen LogP contribution >= 0.6 is 0 Å². The molecule has 0 saturated heterocycles. The predicted molar refractivity (Wildman–Crippen MR) is 94.8 cm³/mol. The molecule has 3 rings (SSSR count). The van der Waals surface area contributed by atoms with Crippen LogP contribution < -0.4 is 5.32 Å². The molecule has 0 bridgehead atoms. The fourth-order valence-corrected chi connectivity index (χ4v) is 2.88. The van der Waals surface area contributed by atoms with Gasteiger partial charge in [0.15, 0.2) is 5.65 Å². The highest BCUT2D eigenvalue weighted by Crippen LogP contribution is 2.23. The molecule has 0 amide bonds. The molecule has 1 aromatic carbocycles. The number of imidazole rings is 1. The van der Waals surface area contributed by atoms with E-state index in [2.05, 4.69) is 29.4 Å². The van der Waals surface area contributed by atoms with Crippen molar-refractivity contribution in [2.45, 2.75) is 33.7 Å². The van der Waals surface area contributed by atoms with Gasteiger partial charge in [-0.05, 0) is 37.5 Å². The summed E-state index contributed by atoms with van der Waals surface area (Å²) in [5, 5.41) is 12.7. The fourth-order valence-electron chi connectivity index (χ4n) is 2.88. The zero-order chi connectivity index (χ0) is 17.3. The van der Waals surface area contributed by atoms with Crippen LogP contribution in [0.1, 0.15) is 39.8 Å². The van der Waals surface area contributed by atoms with Gasteiger partial charge in [-0.25, -0.2) is 9.78 Å². The van der Waals surface area contributed by atoms with Crippen LogP contribution in [0.25, 0.3) is 5.65 Å². The maximum Gasteiger partial charge on any atom is 0.337 e. The molecule has 2 N–H and O–H groups in total. The number of carboxylic acids is 1. The maximum absolute atomic E-state index is 11.4. The number of nitrogens with one attached hydrogen (secondary N) is 1. The topological polar surface area (TPSA) is 66.6 Å². The number of aryl methyl sites for hydroxylation is 3. The normalized spacial score (nSPS) is 11.0. The number of carbonyl (C=O) groups is 1. The summed E-state index contributed by atoms with van der Waals surface area (Å²) in [6.45, 7) is 6.63. The molecule has 0 atom stereocenters. The van der Waals surface area contributed by atoms with E-state index in [4.69, 9.17) is 0 Å². The number of hydrogen-bond acceptors (Lipinski definition) is 3. The van der Waals surface area contributed by atoms with Gasteiger partial charge in [0.25, 0.3) is 0 Å². The zero-order valence-corrected chi connectivity index (χ0v) is 14.1. The van der Waals surface area contributed by atoms with Gasteiger partial charge in [0, 0.05) is 18.4 Å². The van der Waals surface area contributed by atoms with Crippen LogP contribution in [0.3, 0.4) is 0 Å². The van der Waals surface area contributed by atoms with Gasteiger partial charge in [-0.15, -0.1) is 0 Å². The highest BCUT2D eigenvalue weighted by Gasteiger charge is 2.14. The Bertz CT molecular complexity index is 912. The smallest absolute Gasteiger partial charge is 0.337 e. The molecule has 0 radical (unpaired) electrons. The summed E-state index contributed by atoms with van der Waals surface area (Å²) in [4.78, 5) is 16.0. The van der Waals surface area contributed by atoms with Crippen molar-refractivity contribution in [3.05, 3.63) is 64.6 Å². The van der Waals surface area contributed by atoms with Crippen molar-refractivity contribution < 1.29 is 9.90 Å². The molecule has 0 aliphatic heterocycles. The van der Waals surface area contributed by atoms with Crippen LogP contribution in [0.5, 0.6) is 0 Å². The number of fused-ring (bicyclic) bond motifs is 1. The van der Waals surface area contributed by atoms with E-state index in [0.717, 1.165) is 29.1 Å². The molecule has 2 aromatic heterocycles. The molecule has 0 aliphatic rings. The van der Waals surface area contributed by atoms with E-state index in [9.17, 15) is 9.90 Å². The molecule has 5 heteroatoms. The summed E-state index contributed by atoms with van der Waals surface area (Å²) in [5.41, 5.74) is 6.07. The van der Waals surface area contributed by atoms with Gasteiger partial charge in [0.05, 0.1) is 16.9 Å². The number of aromatic carboxylic acids is 1. The number of anilines is 1. The number of aromatic nitrogens is 2. The molecule has 0 aliphatic carbocycles. The molecular formula is C19H21N3O2. The molecule has 5 nitrogen and oxygen atoms in total. The molecule has 24 heavy (non-hydrogen) atoms. The lowest BCUT2D eigenvalue weighted by Gasteiger charge is -2.12. The second-order valence-corrected chi connectivity index (χ2v) is 5.90. The molecule has 0 spiro atoms. The highest BCUT2D eigenvalue weighted by atomic mass is 16.4. The first-order valence-corrected chi connectivity index (χ1v) is 8.04. The minimum atomic E-state index is -0.945. The number of benzene rings is 1. The number of rotatable bonds is 5. The Hall–Kier alpha value is -2.82. The standard InChI is InChI=1S/C19H21N3O2/c1-4-14-7-5-6-8-15(14)10-20-17-9-16(19(23)24)11-22-13(3)12(2)21-18(17)22/h5-9,11,20H,4,10H2,1-3H3,(H,23,24). The van der Waals surface area contributed by atoms with E-state index in [0.29, 0.717) is 6.54 Å². The summed E-state index contributed by atoms with van der Waals surface area (Å²) in [5.74, 6) is -0.945. The van der Waals surface area contributed by atoms with Gasteiger partial charge in [-0.2, -0.15) is 0 Å². The SMILES string of the molecule is CCc1ccccc1CNc1cc(C(=O)O)cn2c(C)c(C)nc12. The van der Waals surface area contributed by atoms with Crippen molar-refractivity contribution in [3.8, 4) is 0 Å². The van der Waals surface area contributed by atoms with Gasteiger partial charge >= 0.3 is 5.97 Å². The van der Waals surface area contributed by atoms with Crippen molar-refractivity contribution in [1.82, 2.24) is 9.38 Å². The summed E-state index contributed by atoms with van der Waals surface area (Å²) >= 11 is 0. The van der Waals surface area contributed by atoms with Crippen LogP contribution in [0.15, 0.2) is 36.5 Å². The monoisotopic (exact) mass is 323 g/mol. The minimum absolute atomic E-state index is 0.245. The fraction of sp³-hybridized carbons (Fsp3) is 0.263. The van der Waals surface area contributed by atoms with Crippen molar-refractivity contribution in [2.75, 3.05) is 5.32 Å². The third-order valence-corrected chi connectivity index (χ3v) is 4.41. The van der Waals surface area contributed by atoms with E-state index in [1.54, 1.807) is 12.3 Å². The summed E-state index contributed by atoms with van der Waals surface area (Å²) < 4.78 is 1.84. The van der Waals surface area contributed by atoms with Gasteiger partial charge in [-0.1, -0.05) is 31.2 Å². The largest absolute Gasteiger partial charge is 0.478 e. The van der Waals surface area contributed by atoms with Crippen LogP contribution in [0.4, 0.5) is 5.69 Å². The van der Waals surface area contributed by atoms with Crippen molar-refractivity contribution in [2.24, 2.45) is 0 Å². The van der Waals surface area contributed by atoms with Crippen LogP contribution in [-0.4, -0.2) is 20.5 Å². The molecule has 2 heterocycles. The minimum Gasteiger partial charge on any atom is -0.478 e. The number of hydrogen-bond donors (Lipinski definition) is 2. The van der Waals surface area contributed by atoms with E-state index >= 15 is 0 Å². The molecular weight excluding hydrogens is 302 g/mol. The first-order chi connectivity index (χ1) is 11.5. The van der Waals surface area contributed by atoms with E-state index < -0.39 is 5.97 Å². The Morgan fingerprint density at radius 2 is 1.96 bits per heavy atom. The van der Waals surface area contributed by atoms with Gasteiger partial charge in [0.2, 0.25) is 0 Å². The molecule has 0 unspecified atom stereocenters. The average Bonchev–Trinajstić information content (AvgIpc) is 2.87. The van der Waals surface area contributed by atoms with Gasteiger partial charge in [0.1, 0.15) is 0 Å². The van der Waals surface area contributed by atoms with Gasteiger partial charge < -0.3 is 14.8 Å². The highest BCUT2D eigenvalue weighted by molar-refractivity contribution is 5.90. The predicted octanol–water partition coefficient (Wildman–Crippen LogP) is 3.82. The molecule has 0 fully saturated rings. The lowest BCUT2D eigenvalue weighted by molar-refractivity contribution is 0.0696. The van der Waals surface area contributed by atoms with Crippen LogP contribution in [0.2, 0.25) is 0 Å². The van der Waals surface area contributed by atoms with E-state index in [1.807, 2.05) is 30.4 Å². The van der Waals surface area contributed by atoms with Crippen molar-refractivity contribution in [3.63, 3.8) is 0 Å². The zero-order valence-electron chi connectivity index (χ0n) is 14.1. The van der Waals surface area contributed by atoms with E-state index in [1.165, 1.54) is 11.1 Å². The number of pyridine rings is 1. The molecule has 0 saturated carbocycles. The quantitative estimate of drug-likeness (QED) is 0.749. The molecule has 3 aromatic rings. The Labute approximate surface area is 141 Å². The van der Waals surface area contributed by atoms with Crippen molar-refractivity contribution in [1.29, 1.82) is 0 Å². The summed E-state index contributed by atoms with van der Waals surface area (Å²) in [6, 6.07) is 9.91. The first kappa shape index (κ1) is 16.1. The maximum atomic E-state index is 11.4. The summed E-state index contributed by atoms with van der Waals surface area (Å²) in [6.07, 6.45) is 2.59. The molecule has 124 valence electrons. The Balaban J connectivity index is 2.02. The third-order valence-electron chi connectivity index (χ3n) is 4.41. The summed E-state index contributed by atoms with van der Waals surface area (Å²) in [7, 11) is 0. The average molecular weight is 323 g/mol. The second-order valence-electron chi connectivity index (χ2n) is 5.90. The van der Waals surface area contributed by atoms with E-state index in [-0.39, 0.29) is 5.56 Å². The van der Waals surface area contributed by atoms with Crippen molar-refractivity contribution >= 4 is 17.3 Å².